The minimum Gasteiger partial charge on any atom is -0.324 e. The molecule has 112 valence electrons. The van der Waals surface area contributed by atoms with Gasteiger partial charge in [0.05, 0.1) is 4.90 Å². The average molecular weight is 296 g/mol. The van der Waals surface area contributed by atoms with Crippen LogP contribution >= 0.6 is 0 Å². The van der Waals surface area contributed by atoms with Crippen LogP contribution in [0.25, 0.3) is 0 Å². The molecule has 0 spiro atoms. The van der Waals surface area contributed by atoms with Crippen LogP contribution in [0.4, 0.5) is 0 Å². The smallest absolute Gasteiger partial charge is 0.243 e. The van der Waals surface area contributed by atoms with Gasteiger partial charge in [-0.3, -0.25) is 0 Å². The Labute approximate surface area is 122 Å². The van der Waals surface area contributed by atoms with Gasteiger partial charge in [-0.05, 0) is 37.0 Å². The standard InChI is InChI=1S/C15H24N2O2S/c1-2-15(16)13-8-7-9-14(12-13)20(18,19)17-10-5-3-4-6-11-17/h7-9,12,15H,2-6,10-11,16H2,1H3. The maximum absolute atomic E-state index is 12.7. The molecule has 1 aromatic carbocycles. The van der Waals surface area contributed by atoms with E-state index in [1.54, 1.807) is 22.5 Å². The van der Waals surface area contributed by atoms with Crippen molar-refractivity contribution in [3.05, 3.63) is 29.8 Å². The Bertz CT molecular complexity index is 535. The number of sulfonamides is 1. The summed E-state index contributed by atoms with van der Waals surface area (Å²) in [5, 5.41) is 0. The van der Waals surface area contributed by atoms with Crippen molar-refractivity contribution < 1.29 is 8.42 Å². The van der Waals surface area contributed by atoms with Crippen LogP contribution in [-0.4, -0.2) is 25.8 Å². The van der Waals surface area contributed by atoms with Gasteiger partial charge in [0, 0.05) is 19.1 Å². The normalized spacial score (nSPS) is 19.5. The quantitative estimate of drug-likeness (QED) is 0.929. The van der Waals surface area contributed by atoms with Gasteiger partial charge < -0.3 is 5.73 Å². The van der Waals surface area contributed by atoms with Crippen LogP contribution in [0.3, 0.4) is 0 Å². The summed E-state index contributed by atoms with van der Waals surface area (Å²) in [6.45, 7) is 3.26. The molecular formula is C15H24N2O2S. The molecule has 0 radical (unpaired) electrons. The predicted octanol–water partition coefficient (Wildman–Crippen LogP) is 2.66. The third kappa shape index (κ3) is 3.40. The van der Waals surface area contributed by atoms with Crippen LogP contribution in [0.2, 0.25) is 0 Å². The molecule has 1 aromatic rings. The van der Waals surface area contributed by atoms with Crippen molar-refractivity contribution in [1.82, 2.24) is 4.31 Å². The van der Waals surface area contributed by atoms with E-state index < -0.39 is 10.0 Å². The van der Waals surface area contributed by atoms with Crippen LogP contribution in [0.15, 0.2) is 29.2 Å². The van der Waals surface area contributed by atoms with Gasteiger partial charge in [-0.25, -0.2) is 8.42 Å². The summed E-state index contributed by atoms with van der Waals surface area (Å²) in [7, 11) is -3.37. The molecule has 0 aliphatic carbocycles. The molecule has 0 bridgehead atoms. The van der Waals surface area contributed by atoms with E-state index in [-0.39, 0.29) is 6.04 Å². The zero-order chi connectivity index (χ0) is 14.6. The fourth-order valence-electron chi connectivity index (χ4n) is 2.57. The van der Waals surface area contributed by atoms with E-state index in [0.717, 1.165) is 37.7 Å². The van der Waals surface area contributed by atoms with E-state index >= 15 is 0 Å². The second kappa shape index (κ2) is 6.70. The summed E-state index contributed by atoms with van der Waals surface area (Å²) >= 11 is 0. The van der Waals surface area contributed by atoms with Crippen LogP contribution in [0.1, 0.15) is 50.6 Å². The second-order valence-electron chi connectivity index (χ2n) is 5.41. The molecule has 2 rings (SSSR count). The fraction of sp³-hybridized carbons (Fsp3) is 0.600. The first-order valence-electron chi connectivity index (χ1n) is 7.41. The highest BCUT2D eigenvalue weighted by molar-refractivity contribution is 7.89. The number of hydrogen-bond donors (Lipinski definition) is 1. The van der Waals surface area contributed by atoms with Gasteiger partial charge in [-0.1, -0.05) is 31.9 Å². The summed E-state index contributed by atoms with van der Waals surface area (Å²) in [4.78, 5) is 0.376. The van der Waals surface area contributed by atoms with Crippen LogP contribution < -0.4 is 5.73 Å². The van der Waals surface area contributed by atoms with Crippen molar-refractivity contribution in [3.8, 4) is 0 Å². The van der Waals surface area contributed by atoms with Gasteiger partial charge in [0.15, 0.2) is 0 Å². The van der Waals surface area contributed by atoms with Crippen molar-refractivity contribution >= 4 is 10.0 Å². The molecular weight excluding hydrogens is 272 g/mol. The average Bonchev–Trinajstić information content (AvgIpc) is 2.76. The summed E-state index contributed by atoms with van der Waals surface area (Å²) in [6.07, 6.45) is 4.94. The molecule has 0 amide bonds. The summed E-state index contributed by atoms with van der Waals surface area (Å²) in [6, 6.07) is 6.99. The first kappa shape index (κ1) is 15.5. The van der Waals surface area contributed by atoms with Crippen LogP contribution in [-0.2, 0) is 10.0 Å². The number of rotatable bonds is 4. The van der Waals surface area contributed by atoms with E-state index in [9.17, 15) is 8.42 Å². The molecule has 20 heavy (non-hydrogen) atoms. The van der Waals surface area contributed by atoms with E-state index in [4.69, 9.17) is 5.73 Å². The van der Waals surface area contributed by atoms with Gasteiger partial charge in [0.25, 0.3) is 0 Å². The molecule has 5 heteroatoms. The molecule has 1 atom stereocenters. The topological polar surface area (TPSA) is 63.4 Å². The molecule has 0 saturated carbocycles. The zero-order valence-electron chi connectivity index (χ0n) is 12.1. The highest BCUT2D eigenvalue weighted by Gasteiger charge is 2.25. The van der Waals surface area contributed by atoms with Crippen molar-refractivity contribution in [2.24, 2.45) is 5.73 Å². The van der Waals surface area contributed by atoms with E-state index in [0.29, 0.717) is 18.0 Å². The molecule has 4 nitrogen and oxygen atoms in total. The van der Waals surface area contributed by atoms with Gasteiger partial charge in [-0.15, -0.1) is 0 Å². The summed E-state index contributed by atoms with van der Waals surface area (Å²) in [5.74, 6) is 0. The Hall–Kier alpha value is -0.910. The molecule has 1 unspecified atom stereocenters. The molecule has 0 aromatic heterocycles. The minimum atomic E-state index is -3.37. The summed E-state index contributed by atoms with van der Waals surface area (Å²) in [5.41, 5.74) is 6.89. The Morgan fingerprint density at radius 1 is 1.20 bits per heavy atom. The monoisotopic (exact) mass is 296 g/mol. The van der Waals surface area contributed by atoms with Crippen molar-refractivity contribution in [2.45, 2.75) is 50.0 Å². The summed E-state index contributed by atoms with van der Waals surface area (Å²) < 4.78 is 27.0. The van der Waals surface area contributed by atoms with E-state index in [1.165, 1.54) is 0 Å². The fourth-order valence-corrected chi connectivity index (χ4v) is 4.15. The number of benzene rings is 1. The van der Waals surface area contributed by atoms with E-state index in [2.05, 4.69) is 0 Å². The lowest BCUT2D eigenvalue weighted by molar-refractivity contribution is 0.423. The van der Waals surface area contributed by atoms with Crippen molar-refractivity contribution in [1.29, 1.82) is 0 Å². The van der Waals surface area contributed by atoms with Gasteiger partial charge >= 0.3 is 0 Å². The first-order chi connectivity index (χ1) is 9.55. The van der Waals surface area contributed by atoms with Crippen molar-refractivity contribution in [2.75, 3.05) is 13.1 Å². The molecule has 1 aliphatic rings. The maximum Gasteiger partial charge on any atom is 0.243 e. The first-order valence-corrected chi connectivity index (χ1v) is 8.85. The lowest BCUT2D eigenvalue weighted by Crippen LogP contribution is -2.32. The lowest BCUT2D eigenvalue weighted by Gasteiger charge is -2.20. The van der Waals surface area contributed by atoms with Crippen LogP contribution in [0, 0.1) is 0 Å². The van der Waals surface area contributed by atoms with Gasteiger partial charge in [0.2, 0.25) is 10.0 Å². The Morgan fingerprint density at radius 2 is 1.85 bits per heavy atom. The second-order valence-corrected chi connectivity index (χ2v) is 7.34. The number of nitrogens with zero attached hydrogens (tertiary/aromatic N) is 1. The Kier molecular flexibility index (Phi) is 5.18. The third-order valence-corrected chi connectivity index (χ3v) is 5.82. The molecule has 1 saturated heterocycles. The maximum atomic E-state index is 12.7. The minimum absolute atomic E-state index is 0.103. The third-order valence-electron chi connectivity index (χ3n) is 3.93. The number of nitrogens with two attached hydrogens (primary N) is 1. The largest absolute Gasteiger partial charge is 0.324 e. The Balaban J connectivity index is 2.28. The van der Waals surface area contributed by atoms with Crippen molar-refractivity contribution in [3.63, 3.8) is 0 Å². The lowest BCUT2D eigenvalue weighted by atomic mass is 10.1. The highest BCUT2D eigenvalue weighted by Crippen LogP contribution is 2.23. The zero-order valence-corrected chi connectivity index (χ0v) is 12.9. The molecule has 1 heterocycles. The van der Waals surface area contributed by atoms with Gasteiger partial charge in [-0.2, -0.15) is 4.31 Å². The SMILES string of the molecule is CCC(N)c1cccc(S(=O)(=O)N2CCCCCC2)c1. The van der Waals surface area contributed by atoms with Gasteiger partial charge in [0.1, 0.15) is 0 Å². The Morgan fingerprint density at radius 3 is 2.45 bits per heavy atom. The van der Waals surface area contributed by atoms with Crippen LogP contribution in [0.5, 0.6) is 0 Å². The highest BCUT2D eigenvalue weighted by atomic mass is 32.2. The predicted molar refractivity (Wildman–Crippen MR) is 80.9 cm³/mol. The molecule has 1 fully saturated rings. The molecule has 2 N–H and O–H groups in total. The van der Waals surface area contributed by atoms with E-state index in [1.807, 2.05) is 13.0 Å². The number of hydrogen-bond acceptors (Lipinski definition) is 3. The molecule has 1 aliphatic heterocycles.